The fourth-order valence-electron chi connectivity index (χ4n) is 1.90. The van der Waals surface area contributed by atoms with Gasteiger partial charge >= 0.3 is 0 Å². The van der Waals surface area contributed by atoms with Crippen LogP contribution in [-0.2, 0) is 0 Å². The number of thiocarbonyl (C=S) groups is 1. The van der Waals surface area contributed by atoms with Gasteiger partial charge < -0.3 is 10.6 Å². The Hall–Kier alpha value is -1.94. The molecule has 3 nitrogen and oxygen atoms in total. The van der Waals surface area contributed by atoms with Crippen molar-refractivity contribution < 1.29 is 0 Å². The summed E-state index contributed by atoms with van der Waals surface area (Å²) in [4.78, 5) is 4.06. The predicted molar refractivity (Wildman–Crippen MR) is 81.9 cm³/mol. The first-order valence-electron chi connectivity index (χ1n) is 6.30. The van der Waals surface area contributed by atoms with Crippen LogP contribution >= 0.6 is 12.2 Å². The summed E-state index contributed by atoms with van der Waals surface area (Å²) in [6.45, 7) is 2.83. The minimum atomic E-state index is 0.0377. The Bertz CT molecular complexity index is 474. The first kappa shape index (κ1) is 13.5. The number of benzene rings is 1. The predicted octanol–water partition coefficient (Wildman–Crippen LogP) is 2.66. The third-order valence-electron chi connectivity index (χ3n) is 2.79. The molecule has 0 radical (unpaired) electrons. The first-order chi connectivity index (χ1) is 9.31. The Kier molecular flexibility index (Phi) is 4.86. The topological polar surface area (TPSA) is 37.0 Å². The summed E-state index contributed by atoms with van der Waals surface area (Å²) in [7, 11) is 0. The molecule has 0 unspecified atom stereocenters. The van der Waals surface area contributed by atoms with E-state index in [9.17, 15) is 0 Å². The van der Waals surface area contributed by atoms with Crippen LogP contribution < -0.4 is 10.6 Å². The van der Waals surface area contributed by atoms with Gasteiger partial charge in [-0.15, -0.1) is 0 Å². The molecule has 2 N–H and O–H groups in total. The molecule has 0 bridgehead atoms. The first-order valence-corrected chi connectivity index (χ1v) is 6.71. The van der Waals surface area contributed by atoms with Crippen molar-refractivity contribution in [2.24, 2.45) is 0 Å². The zero-order valence-corrected chi connectivity index (χ0v) is 11.7. The molecule has 19 heavy (non-hydrogen) atoms. The van der Waals surface area contributed by atoms with Crippen molar-refractivity contribution in [1.29, 1.82) is 0 Å². The molecule has 4 heteroatoms. The van der Waals surface area contributed by atoms with Crippen molar-refractivity contribution in [2.45, 2.75) is 13.0 Å². The number of hydrogen-bond donors (Lipinski definition) is 2. The van der Waals surface area contributed by atoms with Crippen molar-refractivity contribution in [2.75, 3.05) is 6.54 Å². The van der Waals surface area contributed by atoms with Crippen LogP contribution in [0, 0.1) is 0 Å². The molecule has 0 aliphatic heterocycles. The molecule has 1 heterocycles. The summed E-state index contributed by atoms with van der Waals surface area (Å²) in [5.41, 5.74) is 2.32. The number of pyridine rings is 1. The zero-order valence-electron chi connectivity index (χ0n) is 10.8. The molecule has 1 aromatic carbocycles. The lowest BCUT2D eigenvalue weighted by Gasteiger charge is -2.21. The summed E-state index contributed by atoms with van der Waals surface area (Å²) in [5, 5.41) is 7.12. The average molecular weight is 271 g/mol. The largest absolute Gasteiger partial charge is 0.363 e. The lowest BCUT2D eigenvalue weighted by atomic mass is 10.00. The molecule has 0 saturated heterocycles. The van der Waals surface area contributed by atoms with E-state index < -0.39 is 0 Å². The normalized spacial score (nSPS) is 11.6. The number of rotatable bonds is 4. The molecule has 0 saturated carbocycles. The second-order valence-electron chi connectivity index (χ2n) is 4.13. The summed E-state index contributed by atoms with van der Waals surface area (Å²) < 4.78 is 0. The van der Waals surface area contributed by atoms with Gasteiger partial charge in [0.25, 0.3) is 0 Å². The van der Waals surface area contributed by atoms with Gasteiger partial charge in [-0.3, -0.25) is 4.98 Å². The number of aromatic nitrogens is 1. The Morgan fingerprint density at radius 3 is 2.37 bits per heavy atom. The minimum absolute atomic E-state index is 0.0377. The van der Waals surface area contributed by atoms with E-state index in [1.54, 1.807) is 12.4 Å². The number of nitrogens with one attached hydrogen (secondary N) is 2. The second kappa shape index (κ2) is 6.85. The van der Waals surface area contributed by atoms with E-state index in [4.69, 9.17) is 12.2 Å². The van der Waals surface area contributed by atoms with Crippen molar-refractivity contribution in [3.8, 4) is 0 Å². The van der Waals surface area contributed by atoms with Crippen LogP contribution in [-0.4, -0.2) is 16.6 Å². The van der Waals surface area contributed by atoms with Crippen LogP contribution in [0.4, 0.5) is 0 Å². The van der Waals surface area contributed by atoms with Crippen LogP contribution in [0.1, 0.15) is 24.1 Å². The van der Waals surface area contributed by atoms with E-state index in [1.165, 1.54) is 5.56 Å². The van der Waals surface area contributed by atoms with E-state index in [1.807, 2.05) is 37.3 Å². The molecule has 2 rings (SSSR count). The lowest BCUT2D eigenvalue weighted by Crippen LogP contribution is -2.38. The lowest BCUT2D eigenvalue weighted by molar-refractivity contribution is 0.741. The van der Waals surface area contributed by atoms with Gasteiger partial charge in [0.2, 0.25) is 0 Å². The highest BCUT2D eigenvalue weighted by molar-refractivity contribution is 7.80. The summed E-state index contributed by atoms with van der Waals surface area (Å²) in [6, 6.07) is 14.3. The third-order valence-corrected chi connectivity index (χ3v) is 3.05. The maximum Gasteiger partial charge on any atom is 0.167 e. The van der Waals surface area contributed by atoms with Gasteiger partial charge in [0.1, 0.15) is 0 Å². The van der Waals surface area contributed by atoms with Crippen LogP contribution in [0.2, 0.25) is 0 Å². The summed E-state index contributed by atoms with van der Waals surface area (Å²) in [5.74, 6) is 0. The van der Waals surface area contributed by atoms with Crippen LogP contribution in [0.3, 0.4) is 0 Å². The van der Waals surface area contributed by atoms with Gasteiger partial charge in [-0.25, -0.2) is 0 Å². The maximum absolute atomic E-state index is 5.29. The van der Waals surface area contributed by atoms with E-state index in [0.29, 0.717) is 5.11 Å². The van der Waals surface area contributed by atoms with Gasteiger partial charge in [0.15, 0.2) is 5.11 Å². The standard InChI is InChI=1S/C15H17N3S/c1-2-17-15(19)18-14(12-6-4-3-5-7-12)13-8-10-16-11-9-13/h3-11,14H,2H2,1H3,(H2,17,18,19)/t14-/m0/s1. The Morgan fingerprint density at radius 1 is 1.11 bits per heavy atom. The molecule has 0 aliphatic carbocycles. The molecule has 0 spiro atoms. The minimum Gasteiger partial charge on any atom is -0.363 e. The summed E-state index contributed by atoms with van der Waals surface area (Å²) >= 11 is 5.29. The van der Waals surface area contributed by atoms with Crippen molar-refractivity contribution in [1.82, 2.24) is 15.6 Å². The molecule has 1 atom stereocenters. The maximum atomic E-state index is 5.29. The van der Waals surface area contributed by atoms with Crippen LogP contribution in [0.25, 0.3) is 0 Å². The Balaban J connectivity index is 2.26. The van der Waals surface area contributed by atoms with Crippen LogP contribution in [0.5, 0.6) is 0 Å². The van der Waals surface area contributed by atoms with Gasteiger partial charge in [0.05, 0.1) is 6.04 Å². The van der Waals surface area contributed by atoms with E-state index in [0.717, 1.165) is 12.1 Å². The van der Waals surface area contributed by atoms with Gasteiger partial charge in [-0.1, -0.05) is 30.3 Å². The fraction of sp³-hybridized carbons (Fsp3) is 0.200. The van der Waals surface area contributed by atoms with Gasteiger partial charge in [-0.05, 0) is 42.4 Å². The molecule has 98 valence electrons. The van der Waals surface area contributed by atoms with Crippen molar-refractivity contribution >= 4 is 17.3 Å². The molecule has 1 aromatic heterocycles. The SMILES string of the molecule is CCNC(=S)N[C@@H](c1ccccc1)c1ccncc1. The smallest absolute Gasteiger partial charge is 0.167 e. The van der Waals surface area contributed by atoms with Crippen molar-refractivity contribution in [3.63, 3.8) is 0 Å². The van der Waals surface area contributed by atoms with Crippen LogP contribution in [0.15, 0.2) is 54.9 Å². The number of hydrogen-bond acceptors (Lipinski definition) is 2. The Labute approximate surface area is 119 Å². The highest BCUT2D eigenvalue weighted by Gasteiger charge is 2.14. The second-order valence-corrected chi connectivity index (χ2v) is 4.54. The Morgan fingerprint density at radius 2 is 1.74 bits per heavy atom. The van der Waals surface area contributed by atoms with Crippen molar-refractivity contribution in [3.05, 3.63) is 66.0 Å². The monoisotopic (exact) mass is 271 g/mol. The fourth-order valence-corrected chi connectivity index (χ4v) is 2.17. The highest BCUT2D eigenvalue weighted by Crippen LogP contribution is 2.21. The van der Waals surface area contributed by atoms with Gasteiger partial charge in [-0.2, -0.15) is 0 Å². The highest BCUT2D eigenvalue weighted by atomic mass is 32.1. The quantitative estimate of drug-likeness (QED) is 0.838. The van der Waals surface area contributed by atoms with E-state index in [-0.39, 0.29) is 6.04 Å². The zero-order chi connectivity index (χ0) is 13.5. The third kappa shape index (κ3) is 3.76. The molecule has 0 fully saturated rings. The summed E-state index contributed by atoms with van der Waals surface area (Å²) in [6.07, 6.45) is 3.59. The van der Waals surface area contributed by atoms with Gasteiger partial charge in [0, 0.05) is 18.9 Å². The van der Waals surface area contributed by atoms with E-state index in [2.05, 4.69) is 27.8 Å². The molecular weight excluding hydrogens is 254 g/mol. The molecule has 2 aromatic rings. The number of nitrogens with zero attached hydrogens (tertiary/aromatic N) is 1. The average Bonchev–Trinajstić information content (AvgIpc) is 2.47. The molecular formula is C15H17N3S. The molecule has 0 aliphatic rings. The van der Waals surface area contributed by atoms with E-state index >= 15 is 0 Å². The molecule has 0 amide bonds.